The fourth-order valence-electron chi connectivity index (χ4n) is 2.63. The SMILES string of the molecule is CCOc1cc2nn(CCC(C)(C)O)cc2cc1NC(=O)c1csc(C)n1. The molecule has 0 radical (unpaired) electrons. The van der Waals surface area contributed by atoms with Gasteiger partial charge in [0, 0.05) is 29.6 Å². The Balaban J connectivity index is 1.88. The molecular formula is C19H24N4O3S. The first-order chi connectivity index (χ1) is 12.7. The van der Waals surface area contributed by atoms with Gasteiger partial charge in [0.05, 0.1) is 28.4 Å². The maximum Gasteiger partial charge on any atom is 0.275 e. The van der Waals surface area contributed by atoms with Crippen LogP contribution in [0.1, 0.15) is 42.7 Å². The molecule has 27 heavy (non-hydrogen) atoms. The summed E-state index contributed by atoms with van der Waals surface area (Å²) in [6.07, 6.45) is 2.49. The molecule has 8 heteroatoms. The van der Waals surface area contributed by atoms with Gasteiger partial charge in [-0.1, -0.05) is 0 Å². The molecule has 0 saturated heterocycles. The lowest BCUT2D eigenvalue weighted by molar-refractivity contribution is 0.0651. The van der Waals surface area contributed by atoms with Crippen LogP contribution >= 0.6 is 11.3 Å². The van der Waals surface area contributed by atoms with Gasteiger partial charge in [-0.05, 0) is 40.2 Å². The van der Waals surface area contributed by atoms with Crippen molar-refractivity contribution in [3.8, 4) is 5.75 Å². The second kappa shape index (κ2) is 7.66. The van der Waals surface area contributed by atoms with Crippen LogP contribution in [0, 0.1) is 6.92 Å². The van der Waals surface area contributed by atoms with Gasteiger partial charge in [-0.15, -0.1) is 11.3 Å². The highest BCUT2D eigenvalue weighted by Crippen LogP contribution is 2.31. The van der Waals surface area contributed by atoms with Gasteiger partial charge in [0.25, 0.3) is 5.91 Å². The molecular weight excluding hydrogens is 364 g/mol. The minimum absolute atomic E-state index is 0.269. The number of nitrogens with zero attached hydrogens (tertiary/aromatic N) is 3. The summed E-state index contributed by atoms with van der Waals surface area (Å²) < 4.78 is 7.49. The van der Waals surface area contributed by atoms with Crippen LogP contribution in [0.3, 0.4) is 0 Å². The van der Waals surface area contributed by atoms with Gasteiger partial charge in [0.2, 0.25) is 0 Å². The number of aryl methyl sites for hydroxylation is 2. The monoisotopic (exact) mass is 388 g/mol. The molecule has 2 heterocycles. The van der Waals surface area contributed by atoms with Crippen LogP contribution in [-0.4, -0.2) is 38.0 Å². The lowest BCUT2D eigenvalue weighted by Crippen LogP contribution is -2.21. The topological polar surface area (TPSA) is 89.3 Å². The number of hydrogen-bond acceptors (Lipinski definition) is 6. The van der Waals surface area contributed by atoms with Crippen LogP contribution < -0.4 is 10.1 Å². The Morgan fingerprint density at radius 3 is 2.81 bits per heavy atom. The average molecular weight is 388 g/mol. The minimum atomic E-state index is -0.751. The number of aromatic nitrogens is 3. The van der Waals surface area contributed by atoms with Gasteiger partial charge in [-0.3, -0.25) is 9.48 Å². The Bertz CT molecular complexity index is 956. The first-order valence-electron chi connectivity index (χ1n) is 8.85. The summed E-state index contributed by atoms with van der Waals surface area (Å²) in [5.74, 6) is 0.298. The molecule has 1 amide bonds. The Morgan fingerprint density at radius 2 is 2.19 bits per heavy atom. The molecule has 1 aromatic carbocycles. The zero-order valence-corrected chi connectivity index (χ0v) is 16.8. The van der Waals surface area contributed by atoms with Gasteiger partial charge < -0.3 is 15.2 Å². The smallest absolute Gasteiger partial charge is 0.275 e. The second-order valence-electron chi connectivity index (χ2n) is 7.00. The highest BCUT2D eigenvalue weighted by atomic mass is 32.1. The number of carbonyl (C=O) groups is 1. The summed E-state index contributed by atoms with van der Waals surface area (Å²) in [7, 11) is 0. The van der Waals surface area contributed by atoms with E-state index in [1.165, 1.54) is 11.3 Å². The van der Waals surface area contributed by atoms with E-state index in [9.17, 15) is 9.90 Å². The van der Waals surface area contributed by atoms with Crippen LogP contribution in [0.4, 0.5) is 5.69 Å². The average Bonchev–Trinajstić information content (AvgIpc) is 3.18. The van der Waals surface area contributed by atoms with Crippen LogP contribution in [0.5, 0.6) is 5.75 Å². The fraction of sp³-hybridized carbons (Fsp3) is 0.421. The van der Waals surface area contributed by atoms with E-state index in [0.717, 1.165) is 15.9 Å². The molecule has 0 unspecified atom stereocenters. The van der Waals surface area contributed by atoms with Crippen molar-refractivity contribution in [3.63, 3.8) is 0 Å². The predicted molar refractivity (Wildman–Crippen MR) is 107 cm³/mol. The van der Waals surface area contributed by atoms with E-state index in [1.807, 2.05) is 32.2 Å². The first kappa shape index (κ1) is 19.3. The summed E-state index contributed by atoms with van der Waals surface area (Å²) in [6.45, 7) is 8.38. The van der Waals surface area contributed by atoms with Crippen molar-refractivity contribution in [2.75, 3.05) is 11.9 Å². The highest BCUT2D eigenvalue weighted by Gasteiger charge is 2.16. The Hall–Kier alpha value is -2.45. The highest BCUT2D eigenvalue weighted by molar-refractivity contribution is 7.09. The molecule has 2 N–H and O–H groups in total. The zero-order chi connectivity index (χ0) is 19.6. The van der Waals surface area contributed by atoms with E-state index in [2.05, 4.69) is 15.4 Å². The van der Waals surface area contributed by atoms with E-state index in [4.69, 9.17) is 4.74 Å². The number of ether oxygens (including phenoxy) is 1. The maximum atomic E-state index is 12.5. The summed E-state index contributed by atoms with van der Waals surface area (Å²) in [4.78, 5) is 16.7. The third-order valence-corrected chi connectivity index (χ3v) is 4.78. The van der Waals surface area contributed by atoms with E-state index in [1.54, 1.807) is 23.9 Å². The van der Waals surface area contributed by atoms with Crippen LogP contribution in [-0.2, 0) is 6.54 Å². The van der Waals surface area contributed by atoms with Crippen LogP contribution in [0.15, 0.2) is 23.7 Å². The molecule has 2 aromatic heterocycles. The number of thiazole rings is 1. The van der Waals surface area contributed by atoms with E-state index >= 15 is 0 Å². The first-order valence-corrected chi connectivity index (χ1v) is 9.73. The molecule has 0 aliphatic rings. The quantitative estimate of drug-likeness (QED) is 0.645. The van der Waals surface area contributed by atoms with Gasteiger partial charge in [-0.2, -0.15) is 5.10 Å². The molecule has 3 aromatic rings. The number of anilines is 1. The molecule has 0 aliphatic heterocycles. The van der Waals surface area contributed by atoms with E-state index in [0.29, 0.717) is 36.7 Å². The second-order valence-corrected chi connectivity index (χ2v) is 8.06. The van der Waals surface area contributed by atoms with Gasteiger partial charge in [-0.25, -0.2) is 4.98 Å². The minimum Gasteiger partial charge on any atom is -0.492 e. The standard InChI is InChI=1S/C19H24N4O3S/c1-5-26-17-9-14-13(10-23(22-14)7-6-19(3,4)25)8-15(17)21-18(24)16-11-27-12(2)20-16/h8-11,25H,5-7H2,1-4H3,(H,21,24). The van der Waals surface area contributed by atoms with Crippen molar-refractivity contribution < 1.29 is 14.6 Å². The summed E-state index contributed by atoms with van der Waals surface area (Å²) >= 11 is 1.43. The molecule has 144 valence electrons. The van der Waals surface area contributed by atoms with Crippen molar-refractivity contribution in [3.05, 3.63) is 34.4 Å². The molecule has 0 bridgehead atoms. The summed E-state index contributed by atoms with van der Waals surface area (Å²) in [6, 6.07) is 3.67. The Labute approximate surface area is 162 Å². The largest absolute Gasteiger partial charge is 0.492 e. The third-order valence-electron chi connectivity index (χ3n) is 4.01. The number of nitrogens with one attached hydrogen (secondary N) is 1. The van der Waals surface area contributed by atoms with E-state index < -0.39 is 5.60 Å². The maximum absolute atomic E-state index is 12.5. The van der Waals surface area contributed by atoms with Crippen LogP contribution in [0.25, 0.3) is 10.9 Å². The lowest BCUT2D eigenvalue weighted by atomic mass is 10.1. The number of fused-ring (bicyclic) bond motifs is 1. The van der Waals surface area contributed by atoms with E-state index in [-0.39, 0.29) is 5.91 Å². The molecule has 0 atom stereocenters. The molecule has 3 rings (SSSR count). The number of hydrogen-bond donors (Lipinski definition) is 2. The predicted octanol–water partition coefficient (Wildman–Crippen LogP) is 3.61. The third kappa shape index (κ3) is 4.84. The molecule has 7 nitrogen and oxygen atoms in total. The lowest BCUT2D eigenvalue weighted by Gasteiger charge is -2.16. The van der Waals surface area contributed by atoms with Crippen molar-refractivity contribution in [2.24, 2.45) is 0 Å². The Kier molecular flexibility index (Phi) is 5.48. The number of aliphatic hydroxyl groups is 1. The molecule has 0 aliphatic carbocycles. The fourth-order valence-corrected chi connectivity index (χ4v) is 3.23. The molecule has 0 saturated carbocycles. The number of rotatable bonds is 7. The van der Waals surface area contributed by atoms with Gasteiger partial charge in [0.1, 0.15) is 11.4 Å². The van der Waals surface area contributed by atoms with Crippen molar-refractivity contribution in [2.45, 2.75) is 46.3 Å². The van der Waals surface area contributed by atoms with Crippen molar-refractivity contribution >= 4 is 33.8 Å². The van der Waals surface area contributed by atoms with Crippen molar-refractivity contribution in [1.82, 2.24) is 14.8 Å². The van der Waals surface area contributed by atoms with Crippen LogP contribution in [0.2, 0.25) is 0 Å². The van der Waals surface area contributed by atoms with Gasteiger partial charge >= 0.3 is 0 Å². The number of amides is 1. The van der Waals surface area contributed by atoms with Gasteiger partial charge in [0.15, 0.2) is 0 Å². The Morgan fingerprint density at radius 1 is 1.41 bits per heavy atom. The number of benzene rings is 1. The summed E-state index contributed by atoms with van der Waals surface area (Å²) in [5, 5.41) is 20.8. The summed E-state index contributed by atoms with van der Waals surface area (Å²) in [5.41, 5.74) is 0.999. The van der Waals surface area contributed by atoms with Crippen molar-refractivity contribution in [1.29, 1.82) is 0 Å². The number of carbonyl (C=O) groups excluding carboxylic acids is 1. The normalized spacial score (nSPS) is 11.7. The zero-order valence-electron chi connectivity index (χ0n) is 15.9. The molecule has 0 fully saturated rings. The molecule has 0 spiro atoms.